The van der Waals surface area contributed by atoms with E-state index in [9.17, 15) is 8.42 Å². The number of aromatic nitrogens is 1. The molecule has 96 valence electrons. The van der Waals surface area contributed by atoms with Gasteiger partial charge in [0.05, 0.1) is 5.75 Å². The van der Waals surface area contributed by atoms with Gasteiger partial charge in [-0.15, -0.1) is 11.3 Å². The third-order valence-corrected chi connectivity index (χ3v) is 4.25. The first-order valence-corrected chi connectivity index (χ1v) is 7.66. The van der Waals surface area contributed by atoms with Gasteiger partial charge < -0.3 is 5.21 Å². The zero-order valence-corrected chi connectivity index (χ0v) is 11.3. The molecule has 0 saturated heterocycles. The van der Waals surface area contributed by atoms with E-state index in [1.54, 1.807) is 12.3 Å². The molecular weight excluding hydrogens is 262 g/mol. The van der Waals surface area contributed by atoms with Gasteiger partial charge in [-0.05, 0) is 13.3 Å². The van der Waals surface area contributed by atoms with Gasteiger partial charge in [0.25, 0.3) is 0 Å². The molecule has 0 unspecified atom stereocenters. The Hall–Kier alpha value is -1.15. The largest absolute Gasteiger partial charge is 0.411 e. The smallest absolute Gasteiger partial charge is 0.234 e. The van der Waals surface area contributed by atoms with E-state index in [0.717, 1.165) is 17.8 Å². The van der Waals surface area contributed by atoms with Gasteiger partial charge in [0.1, 0.15) is 11.4 Å². The van der Waals surface area contributed by atoms with Gasteiger partial charge in [0.2, 0.25) is 10.0 Å². The molecule has 1 heterocycles. The van der Waals surface area contributed by atoms with Gasteiger partial charge in [0.15, 0.2) is 5.13 Å². The minimum Gasteiger partial charge on any atom is -0.411 e. The fourth-order valence-corrected chi connectivity index (χ4v) is 3.31. The number of unbranched alkanes of at least 4 members (excludes halogenated alkanes) is 1. The summed E-state index contributed by atoms with van der Waals surface area (Å²) in [5.41, 5.74) is 0.811. The quantitative estimate of drug-likeness (QED) is 0.472. The molecule has 1 aromatic rings. The summed E-state index contributed by atoms with van der Waals surface area (Å²) in [7, 11) is -3.32. The van der Waals surface area contributed by atoms with Crippen LogP contribution in [0.3, 0.4) is 0 Å². The number of rotatable bonds is 6. The lowest BCUT2D eigenvalue weighted by atomic mass is 10.3. The Morgan fingerprint density at radius 1 is 1.65 bits per heavy atom. The average molecular weight is 277 g/mol. The summed E-state index contributed by atoms with van der Waals surface area (Å²) in [6, 6.07) is 0. The normalized spacial score (nSPS) is 12.7. The third-order valence-electron chi connectivity index (χ3n) is 2.03. The van der Waals surface area contributed by atoms with E-state index in [1.165, 1.54) is 0 Å². The Bertz CT molecular complexity index is 493. The SMILES string of the molecule is CCCCS(=O)(=O)Nc1nc(C(C)=NO)cs1. The van der Waals surface area contributed by atoms with Crippen LogP contribution in [0.15, 0.2) is 10.5 Å². The zero-order valence-electron chi connectivity index (χ0n) is 9.67. The number of nitrogens with one attached hydrogen (secondary N) is 1. The van der Waals surface area contributed by atoms with Crippen LogP contribution >= 0.6 is 11.3 Å². The van der Waals surface area contributed by atoms with Crippen LogP contribution in [0, 0.1) is 0 Å². The molecular formula is C9H15N3O3S2. The molecule has 8 heteroatoms. The highest BCUT2D eigenvalue weighted by molar-refractivity contribution is 7.92. The minimum atomic E-state index is -3.32. The second-order valence-electron chi connectivity index (χ2n) is 3.50. The fraction of sp³-hybridized carbons (Fsp3) is 0.556. The van der Waals surface area contributed by atoms with Gasteiger partial charge in [-0.1, -0.05) is 18.5 Å². The fourth-order valence-electron chi connectivity index (χ4n) is 1.06. The van der Waals surface area contributed by atoms with Crippen LogP contribution in [-0.2, 0) is 10.0 Å². The molecule has 0 aliphatic heterocycles. The first-order valence-electron chi connectivity index (χ1n) is 5.13. The Morgan fingerprint density at radius 2 is 2.35 bits per heavy atom. The summed E-state index contributed by atoms with van der Waals surface area (Å²) in [5, 5.41) is 13.5. The average Bonchev–Trinajstić information content (AvgIpc) is 2.73. The van der Waals surface area contributed by atoms with Crippen LogP contribution < -0.4 is 4.72 Å². The van der Waals surface area contributed by atoms with E-state index in [2.05, 4.69) is 14.9 Å². The van der Waals surface area contributed by atoms with Crippen LogP contribution in [0.5, 0.6) is 0 Å². The van der Waals surface area contributed by atoms with Crippen LogP contribution in [0.25, 0.3) is 0 Å². The highest BCUT2D eigenvalue weighted by atomic mass is 32.2. The number of sulfonamides is 1. The number of anilines is 1. The lowest BCUT2D eigenvalue weighted by Gasteiger charge is -2.03. The third kappa shape index (κ3) is 4.31. The highest BCUT2D eigenvalue weighted by Gasteiger charge is 2.13. The molecule has 0 aliphatic rings. The molecule has 0 fully saturated rings. The minimum absolute atomic E-state index is 0.0888. The summed E-state index contributed by atoms with van der Waals surface area (Å²) in [6.45, 7) is 3.52. The van der Waals surface area contributed by atoms with E-state index in [0.29, 0.717) is 23.0 Å². The van der Waals surface area contributed by atoms with Crippen molar-refractivity contribution in [3.63, 3.8) is 0 Å². The number of hydrogen-bond acceptors (Lipinski definition) is 6. The molecule has 0 aromatic carbocycles. The van der Waals surface area contributed by atoms with E-state index >= 15 is 0 Å². The van der Waals surface area contributed by atoms with Gasteiger partial charge in [-0.25, -0.2) is 13.4 Å². The number of thiazole rings is 1. The molecule has 0 amide bonds. The highest BCUT2D eigenvalue weighted by Crippen LogP contribution is 2.17. The van der Waals surface area contributed by atoms with E-state index in [4.69, 9.17) is 5.21 Å². The van der Waals surface area contributed by atoms with E-state index < -0.39 is 10.0 Å². The van der Waals surface area contributed by atoms with Crippen molar-refractivity contribution in [2.75, 3.05) is 10.5 Å². The lowest BCUT2D eigenvalue weighted by Crippen LogP contribution is -2.16. The molecule has 0 bridgehead atoms. The van der Waals surface area contributed by atoms with Crippen molar-refractivity contribution in [2.24, 2.45) is 5.16 Å². The summed E-state index contributed by atoms with van der Waals surface area (Å²) in [5.74, 6) is 0.0888. The van der Waals surface area contributed by atoms with E-state index in [-0.39, 0.29) is 5.75 Å². The lowest BCUT2D eigenvalue weighted by molar-refractivity contribution is 0.319. The first kappa shape index (κ1) is 13.9. The molecule has 1 aromatic heterocycles. The zero-order chi connectivity index (χ0) is 12.9. The number of hydrogen-bond donors (Lipinski definition) is 2. The van der Waals surface area contributed by atoms with Crippen molar-refractivity contribution < 1.29 is 13.6 Å². The maximum atomic E-state index is 11.6. The molecule has 2 N–H and O–H groups in total. The van der Waals surface area contributed by atoms with Crippen molar-refractivity contribution >= 4 is 32.2 Å². The Morgan fingerprint density at radius 3 is 2.94 bits per heavy atom. The van der Waals surface area contributed by atoms with Gasteiger partial charge >= 0.3 is 0 Å². The van der Waals surface area contributed by atoms with Crippen LogP contribution in [-0.4, -0.2) is 30.1 Å². The van der Waals surface area contributed by atoms with Crippen LogP contribution in [0.1, 0.15) is 32.4 Å². The Kier molecular flexibility index (Phi) is 4.88. The molecule has 6 nitrogen and oxygen atoms in total. The molecule has 0 atom stereocenters. The summed E-state index contributed by atoms with van der Waals surface area (Å²) < 4.78 is 25.6. The molecule has 0 spiro atoms. The molecule has 0 aliphatic carbocycles. The maximum absolute atomic E-state index is 11.6. The van der Waals surface area contributed by atoms with Crippen molar-refractivity contribution in [2.45, 2.75) is 26.7 Å². The number of nitrogens with zero attached hydrogens (tertiary/aromatic N) is 2. The Balaban J connectivity index is 2.73. The second kappa shape index (κ2) is 5.97. The predicted molar refractivity (Wildman–Crippen MR) is 68.4 cm³/mol. The predicted octanol–water partition coefficient (Wildman–Crippen LogP) is 1.88. The van der Waals surface area contributed by atoms with Crippen molar-refractivity contribution in [1.82, 2.24) is 4.98 Å². The Labute approximate surface area is 104 Å². The van der Waals surface area contributed by atoms with Gasteiger partial charge in [-0.2, -0.15) is 0 Å². The number of oxime groups is 1. The van der Waals surface area contributed by atoms with Crippen LogP contribution in [0.4, 0.5) is 5.13 Å². The van der Waals surface area contributed by atoms with Gasteiger partial charge in [0, 0.05) is 5.38 Å². The first-order chi connectivity index (χ1) is 7.98. The van der Waals surface area contributed by atoms with Crippen molar-refractivity contribution in [3.05, 3.63) is 11.1 Å². The maximum Gasteiger partial charge on any atom is 0.234 e. The van der Waals surface area contributed by atoms with E-state index in [1.807, 2.05) is 6.92 Å². The molecule has 0 radical (unpaired) electrons. The van der Waals surface area contributed by atoms with Crippen LogP contribution in [0.2, 0.25) is 0 Å². The van der Waals surface area contributed by atoms with Crippen molar-refractivity contribution in [3.8, 4) is 0 Å². The summed E-state index contributed by atoms with van der Waals surface area (Å²) in [6.07, 6.45) is 1.44. The summed E-state index contributed by atoms with van der Waals surface area (Å²) in [4.78, 5) is 4.01. The van der Waals surface area contributed by atoms with Gasteiger partial charge in [-0.3, -0.25) is 4.72 Å². The van der Waals surface area contributed by atoms with Crippen molar-refractivity contribution in [1.29, 1.82) is 0 Å². The standard InChI is InChI=1S/C9H15N3O3S2/c1-3-4-5-17(14,15)12-9-10-8(6-16-9)7(2)11-13/h6,13H,3-5H2,1-2H3,(H,10,12). The summed E-state index contributed by atoms with van der Waals surface area (Å²) >= 11 is 1.16. The second-order valence-corrected chi connectivity index (χ2v) is 6.20. The monoisotopic (exact) mass is 277 g/mol. The molecule has 1 rings (SSSR count). The molecule has 17 heavy (non-hydrogen) atoms. The molecule has 0 saturated carbocycles. The topological polar surface area (TPSA) is 91.7 Å².